The van der Waals surface area contributed by atoms with Gasteiger partial charge in [-0.2, -0.15) is 0 Å². The Morgan fingerprint density at radius 3 is 1.33 bits per heavy atom. The topological polar surface area (TPSA) is 3.24 Å². The highest BCUT2D eigenvalue weighted by molar-refractivity contribution is 5.63. The molecular weight excluding hydrogens is 232 g/mol. The average Bonchev–Trinajstić information content (AvgIpc) is 2.34. The van der Waals surface area contributed by atoms with Crippen molar-refractivity contribution in [2.24, 2.45) is 0 Å². The second kappa shape index (κ2) is 5.17. The van der Waals surface area contributed by atoms with Crippen molar-refractivity contribution in [1.82, 2.24) is 0 Å². The van der Waals surface area contributed by atoms with Gasteiger partial charge in [0.1, 0.15) is 11.6 Å². The van der Waals surface area contributed by atoms with E-state index >= 15 is 0 Å². The molecular formula is C15H15F2N. The minimum absolute atomic E-state index is 0.195. The molecule has 0 N–H and O–H groups in total. The number of benzene rings is 2. The van der Waals surface area contributed by atoms with E-state index in [1.54, 1.807) is 24.3 Å². The molecule has 0 aliphatic heterocycles. The van der Waals surface area contributed by atoms with E-state index in [0.29, 0.717) is 0 Å². The van der Waals surface area contributed by atoms with E-state index in [2.05, 4.69) is 0 Å². The lowest BCUT2D eigenvalue weighted by atomic mass is 10.2. The summed E-state index contributed by atoms with van der Waals surface area (Å²) in [5, 5.41) is 0. The van der Waals surface area contributed by atoms with Crippen LogP contribution in [0.4, 0.5) is 20.2 Å². The molecule has 0 radical (unpaired) electrons. The summed E-state index contributed by atoms with van der Waals surface area (Å²) in [6.45, 7) is 4.07. The monoisotopic (exact) mass is 247 g/mol. The van der Waals surface area contributed by atoms with Gasteiger partial charge in [0, 0.05) is 17.4 Å². The summed E-state index contributed by atoms with van der Waals surface area (Å²) in [5.74, 6) is -0.525. The van der Waals surface area contributed by atoms with Gasteiger partial charge in [-0.1, -0.05) is 0 Å². The quantitative estimate of drug-likeness (QED) is 0.771. The van der Waals surface area contributed by atoms with Crippen LogP contribution in [0.3, 0.4) is 0 Å². The fraction of sp³-hybridized carbons (Fsp3) is 0.200. The number of anilines is 2. The molecule has 0 atom stereocenters. The van der Waals surface area contributed by atoms with Gasteiger partial charge in [0.15, 0.2) is 0 Å². The summed E-state index contributed by atoms with van der Waals surface area (Å²) in [6.07, 6.45) is 0. The Morgan fingerprint density at radius 1 is 0.722 bits per heavy atom. The average molecular weight is 247 g/mol. The van der Waals surface area contributed by atoms with Crippen molar-refractivity contribution in [3.63, 3.8) is 0 Å². The molecule has 0 aliphatic rings. The number of hydrogen-bond acceptors (Lipinski definition) is 1. The lowest BCUT2D eigenvalue weighted by Crippen LogP contribution is -2.25. The SMILES string of the molecule is CC(C)N(c1ccc(F)cc1)c1ccc(F)cc1. The Balaban J connectivity index is 2.39. The Labute approximate surface area is 106 Å². The third kappa shape index (κ3) is 2.67. The first-order chi connectivity index (χ1) is 8.58. The van der Waals surface area contributed by atoms with Crippen LogP contribution in [-0.2, 0) is 0 Å². The van der Waals surface area contributed by atoms with Crippen LogP contribution in [0, 0.1) is 11.6 Å². The number of hydrogen-bond donors (Lipinski definition) is 0. The smallest absolute Gasteiger partial charge is 0.123 e. The normalized spacial score (nSPS) is 10.7. The molecule has 0 fully saturated rings. The zero-order valence-corrected chi connectivity index (χ0v) is 10.4. The van der Waals surface area contributed by atoms with Crippen molar-refractivity contribution in [2.45, 2.75) is 19.9 Å². The van der Waals surface area contributed by atoms with Gasteiger partial charge in [0.2, 0.25) is 0 Å². The molecule has 0 bridgehead atoms. The molecule has 2 aromatic carbocycles. The van der Waals surface area contributed by atoms with E-state index < -0.39 is 0 Å². The minimum Gasteiger partial charge on any atom is -0.339 e. The minimum atomic E-state index is -0.262. The van der Waals surface area contributed by atoms with Gasteiger partial charge in [-0.05, 0) is 62.4 Å². The predicted molar refractivity (Wildman–Crippen MR) is 70.1 cm³/mol. The van der Waals surface area contributed by atoms with Crippen molar-refractivity contribution >= 4 is 11.4 Å². The van der Waals surface area contributed by atoms with Crippen LogP contribution in [0.1, 0.15) is 13.8 Å². The highest BCUT2D eigenvalue weighted by atomic mass is 19.1. The van der Waals surface area contributed by atoms with Crippen LogP contribution in [0.5, 0.6) is 0 Å². The summed E-state index contributed by atoms with van der Waals surface area (Å²) in [4.78, 5) is 2.03. The van der Waals surface area contributed by atoms with Crippen molar-refractivity contribution < 1.29 is 8.78 Å². The van der Waals surface area contributed by atoms with Crippen LogP contribution in [0.15, 0.2) is 48.5 Å². The first-order valence-electron chi connectivity index (χ1n) is 5.88. The maximum atomic E-state index is 12.9. The predicted octanol–water partition coefficient (Wildman–Crippen LogP) is 4.51. The van der Waals surface area contributed by atoms with E-state index in [9.17, 15) is 8.78 Å². The molecule has 2 aromatic rings. The van der Waals surface area contributed by atoms with Crippen LogP contribution in [0.2, 0.25) is 0 Å². The molecule has 0 aromatic heterocycles. The van der Waals surface area contributed by atoms with Crippen LogP contribution < -0.4 is 4.90 Å². The van der Waals surface area contributed by atoms with Gasteiger partial charge in [-0.15, -0.1) is 0 Å². The van der Waals surface area contributed by atoms with Crippen molar-refractivity contribution in [3.05, 3.63) is 60.2 Å². The fourth-order valence-electron chi connectivity index (χ4n) is 1.95. The van der Waals surface area contributed by atoms with E-state index in [1.807, 2.05) is 18.7 Å². The number of halogens is 2. The summed E-state index contributed by atoms with van der Waals surface area (Å²) in [6, 6.07) is 12.8. The second-order valence-corrected chi connectivity index (χ2v) is 4.42. The lowest BCUT2D eigenvalue weighted by Gasteiger charge is -2.29. The first kappa shape index (κ1) is 12.6. The van der Waals surface area contributed by atoms with Crippen LogP contribution in [-0.4, -0.2) is 6.04 Å². The van der Waals surface area contributed by atoms with Crippen molar-refractivity contribution in [2.75, 3.05) is 4.90 Å². The molecule has 0 spiro atoms. The summed E-state index contributed by atoms with van der Waals surface area (Å²) >= 11 is 0. The van der Waals surface area contributed by atoms with Crippen molar-refractivity contribution in [3.8, 4) is 0 Å². The van der Waals surface area contributed by atoms with Gasteiger partial charge >= 0.3 is 0 Å². The van der Waals surface area contributed by atoms with Gasteiger partial charge in [0.05, 0.1) is 0 Å². The Morgan fingerprint density at radius 2 is 1.06 bits per heavy atom. The maximum Gasteiger partial charge on any atom is 0.123 e. The fourth-order valence-corrected chi connectivity index (χ4v) is 1.95. The van der Waals surface area contributed by atoms with Gasteiger partial charge in [0.25, 0.3) is 0 Å². The van der Waals surface area contributed by atoms with Gasteiger partial charge in [-0.3, -0.25) is 0 Å². The number of rotatable bonds is 3. The largest absolute Gasteiger partial charge is 0.339 e. The molecule has 0 amide bonds. The van der Waals surface area contributed by atoms with Gasteiger partial charge < -0.3 is 4.90 Å². The third-order valence-electron chi connectivity index (χ3n) is 2.73. The standard InChI is InChI=1S/C15H15F2N/c1-11(2)18(14-7-3-12(16)4-8-14)15-9-5-13(17)6-10-15/h3-11H,1-2H3. The lowest BCUT2D eigenvalue weighted by molar-refractivity contribution is 0.627. The van der Waals surface area contributed by atoms with E-state index in [1.165, 1.54) is 24.3 Å². The molecule has 94 valence electrons. The van der Waals surface area contributed by atoms with E-state index in [0.717, 1.165) is 11.4 Å². The molecule has 0 unspecified atom stereocenters. The van der Waals surface area contributed by atoms with Gasteiger partial charge in [-0.25, -0.2) is 8.78 Å². The highest BCUT2D eigenvalue weighted by Gasteiger charge is 2.12. The number of nitrogens with zero attached hydrogens (tertiary/aromatic N) is 1. The molecule has 0 saturated carbocycles. The summed E-state index contributed by atoms with van der Waals surface area (Å²) in [7, 11) is 0. The molecule has 2 rings (SSSR count). The zero-order valence-electron chi connectivity index (χ0n) is 10.4. The molecule has 0 aliphatic carbocycles. The van der Waals surface area contributed by atoms with Crippen LogP contribution >= 0.6 is 0 Å². The second-order valence-electron chi connectivity index (χ2n) is 4.42. The van der Waals surface area contributed by atoms with Crippen LogP contribution in [0.25, 0.3) is 0 Å². The molecule has 18 heavy (non-hydrogen) atoms. The van der Waals surface area contributed by atoms with E-state index in [4.69, 9.17) is 0 Å². The summed E-state index contributed by atoms with van der Waals surface area (Å²) < 4.78 is 25.9. The maximum absolute atomic E-state index is 12.9. The molecule has 0 heterocycles. The summed E-state index contributed by atoms with van der Waals surface area (Å²) in [5.41, 5.74) is 1.77. The first-order valence-corrected chi connectivity index (χ1v) is 5.88. The van der Waals surface area contributed by atoms with Crippen molar-refractivity contribution in [1.29, 1.82) is 0 Å². The molecule has 0 saturated heterocycles. The Kier molecular flexibility index (Phi) is 3.60. The van der Waals surface area contributed by atoms with E-state index in [-0.39, 0.29) is 17.7 Å². The highest BCUT2D eigenvalue weighted by Crippen LogP contribution is 2.28. The zero-order chi connectivity index (χ0) is 13.1. The third-order valence-corrected chi connectivity index (χ3v) is 2.73. The Hall–Kier alpha value is -1.90. The molecule has 1 nitrogen and oxygen atoms in total. The Bertz CT molecular complexity index is 458. The molecule has 3 heteroatoms.